The molecule has 0 spiro atoms. The number of rotatable bonds is 5. The number of amides is 2. The van der Waals surface area contributed by atoms with Crippen molar-refractivity contribution < 1.29 is 19.1 Å². The van der Waals surface area contributed by atoms with Gasteiger partial charge in [0.1, 0.15) is 0 Å². The van der Waals surface area contributed by atoms with Crippen LogP contribution in [-0.2, 0) is 4.79 Å². The van der Waals surface area contributed by atoms with Crippen LogP contribution in [0.25, 0.3) is 0 Å². The molecule has 0 bridgehead atoms. The number of benzene rings is 1. The molecule has 6 heteroatoms. The van der Waals surface area contributed by atoms with Crippen LogP contribution in [-0.4, -0.2) is 37.6 Å². The summed E-state index contributed by atoms with van der Waals surface area (Å²) >= 11 is 0. The standard InChI is InChI=1S/C17H22N2O4/c1-22-14-7-6-11(8-15(14)23-13-4-2-3-5-13)17(21)19-12-9-16(20)18-10-12/h6-8,12-13H,2-5,9-10H2,1H3,(H,18,20)(H,19,21)/t12-/m0/s1. The summed E-state index contributed by atoms with van der Waals surface area (Å²) in [6.07, 6.45) is 4.95. The minimum Gasteiger partial charge on any atom is -0.493 e. The number of ether oxygens (including phenoxy) is 2. The SMILES string of the molecule is COc1ccc(C(=O)N[C@@H]2CNC(=O)C2)cc1OC1CCCC1. The van der Waals surface area contributed by atoms with Gasteiger partial charge in [-0.05, 0) is 43.9 Å². The van der Waals surface area contributed by atoms with Crippen LogP contribution in [0.1, 0.15) is 42.5 Å². The van der Waals surface area contributed by atoms with Gasteiger partial charge in [0.15, 0.2) is 11.5 Å². The van der Waals surface area contributed by atoms with Crippen LogP contribution in [0.5, 0.6) is 11.5 Å². The summed E-state index contributed by atoms with van der Waals surface area (Å²) in [5.41, 5.74) is 0.512. The fourth-order valence-corrected chi connectivity index (χ4v) is 3.07. The average molecular weight is 318 g/mol. The van der Waals surface area contributed by atoms with E-state index in [2.05, 4.69) is 10.6 Å². The average Bonchev–Trinajstić information content (AvgIpc) is 3.19. The molecule has 6 nitrogen and oxygen atoms in total. The third-order valence-electron chi connectivity index (χ3n) is 4.33. The molecule has 1 heterocycles. The maximum atomic E-state index is 12.3. The number of hydrogen-bond donors (Lipinski definition) is 2. The number of carbonyl (C=O) groups is 2. The second-order valence-electron chi connectivity index (χ2n) is 6.07. The summed E-state index contributed by atoms with van der Waals surface area (Å²) in [5.74, 6) is 1.000. The Bertz CT molecular complexity index is 596. The summed E-state index contributed by atoms with van der Waals surface area (Å²) in [5, 5.41) is 5.57. The van der Waals surface area contributed by atoms with Crippen molar-refractivity contribution in [1.29, 1.82) is 0 Å². The van der Waals surface area contributed by atoms with Crippen molar-refractivity contribution in [2.45, 2.75) is 44.2 Å². The lowest BCUT2D eigenvalue weighted by Gasteiger charge is -2.17. The van der Waals surface area contributed by atoms with E-state index in [9.17, 15) is 9.59 Å². The molecule has 0 unspecified atom stereocenters. The van der Waals surface area contributed by atoms with Crippen LogP contribution >= 0.6 is 0 Å². The van der Waals surface area contributed by atoms with E-state index >= 15 is 0 Å². The van der Waals surface area contributed by atoms with E-state index < -0.39 is 0 Å². The van der Waals surface area contributed by atoms with E-state index in [1.165, 1.54) is 12.8 Å². The molecule has 1 aliphatic heterocycles. The Kier molecular flexibility index (Phi) is 4.69. The molecular formula is C17H22N2O4. The minimum absolute atomic E-state index is 0.0321. The zero-order chi connectivity index (χ0) is 16.2. The summed E-state index contributed by atoms with van der Waals surface area (Å²) in [4.78, 5) is 23.6. The zero-order valence-electron chi connectivity index (χ0n) is 13.3. The second-order valence-corrected chi connectivity index (χ2v) is 6.07. The van der Waals surface area contributed by atoms with Crippen LogP contribution in [0.4, 0.5) is 0 Å². The van der Waals surface area contributed by atoms with Gasteiger partial charge in [-0.2, -0.15) is 0 Å². The molecule has 3 rings (SSSR count). The Morgan fingerprint density at radius 1 is 1.26 bits per heavy atom. The third kappa shape index (κ3) is 3.75. The maximum Gasteiger partial charge on any atom is 0.251 e. The normalized spacial score (nSPS) is 21.1. The van der Waals surface area contributed by atoms with Gasteiger partial charge in [-0.3, -0.25) is 9.59 Å². The molecule has 2 N–H and O–H groups in total. The van der Waals surface area contributed by atoms with Gasteiger partial charge in [-0.25, -0.2) is 0 Å². The van der Waals surface area contributed by atoms with Gasteiger partial charge in [-0.15, -0.1) is 0 Å². The van der Waals surface area contributed by atoms with E-state index in [1.54, 1.807) is 25.3 Å². The number of methoxy groups -OCH3 is 1. The first-order chi connectivity index (χ1) is 11.2. The molecule has 1 aliphatic carbocycles. The van der Waals surface area contributed by atoms with E-state index in [0.29, 0.717) is 30.0 Å². The maximum absolute atomic E-state index is 12.3. The molecule has 1 aromatic carbocycles. The number of hydrogen-bond acceptors (Lipinski definition) is 4. The van der Waals surface area contributed by atoms with Gasteiger partial charge >= 0.3 is 0 Å². The third-order valence-corrected chi connectivity index (χ3v) is 4.33. The van der Waals surface area contributed by atoms with Crippen molar-refractivity contribution in [3.05, 3.63) is 23.8 Å². The van der Waals surface area contributed by atoms with Crippen LogP contribution in [0.2, 0.25) is 0 Å². The molecule has 2 fully saturated rings. The largest absolute Gasteiger partial charge is 0.493 e. The van der Waals surface area contributed by atoms with Crippen molar-refractivity contribution >= 4 is 11.8 Å². The minimum atomic E-state index is -0.203. The first-order valence-corrected chi connectivity index (χ1v) is 8.08. The highest BCUT2D eigenvalue weighted by atomic mass is 16.5. The first kappa shape index (κ1) is 15.6. The van der Waals surface area contributed by atoms with Crippen LogP contribution < -0.4 is 20.1 Å². The predicted molar refractivity (Wildman–Crippen MR) is 84.8 cm³/mol. The molecular weight excluding hydrogens is 296 g/mol. The Hall–Kier alpha value is -2.24. The highest BCUT2D eigenvalue weighted by Gasteiger charge is 2.24. The van der Waals surface area contributed by atoms with Gasteiger partial charge in [-0.1, -0.05) is 0 Å². The van der Waals surface area contributed by atoms with Crippen molar-refractivity contribution in [3.8, 4) is 11.5 Å². The van der Waals surface area contributed by atoms with Gasteiger partial charge in [0.25, 0.3) is 5.91 Å². The van der Waals surface area contributed by atoms with Crippen LogP contribution in [0, 0.1) is 0 Å². The molecule has 23 heavy (non-hydrogen) atoms. The molecule has 1 atom stereocenters. The van der Waals surface area contributed by atoms with Gasteiger partial charge in [0.2, 0.25) is 5.91 Å². The highest BCUT2D eigenvalue weighted by molar-refractivity contribution is 5.95. The fourth-order valence-electron chi connectivity index (χ4n) is 3.07. The van der Waals surface area contributed by atoms with E-state index in [-0.39, 0.29) is 24.0 Å². The highest BCUT2D eigenvalue weighted by Crippen LogP contribution is 2.32. The molecule has 2 aliphatic rings. The zero-order valence-corrected chi connectivity index (χ0v) is 13.3. The Labute approximate surface area is 135 Å². The van der Waals surface area contributed by atoms with Crippen molar-refractivity contribution in [2.24, 2.45) is 0 Å². The lowest BCUT2D eigenvalue weighted by Crippen LogP contribution is -2.36. The lowest BCUT2D eigenvalue weighted by molar-refractivity contribution is -0.119. The van der Waals surface area contributed by atoms with E-state index in [0.717, 1.165) is 12.8 Å². The summed E-state index contributed by atoms with van der Waals surface area (Å²) in [6, 6.07) is 5.02. The van der Waals surface area contributed by atoms with Gasteiger partial charge in [0, 0.05) is 18.5 Å². The monoisotopic (exact) mass is 318 g/mol. The first-order valence-electron chi connectivity index (χ1n) is 8.08. The molecule has 124 valence electrons. The number of nitrogens with one attached hydrogen (secondary N) is 2. The van der Waals surface area contributed by atoms with Crippen molar-refractivity contribution in [2.75, 3.05) is 13.7 Å². The molecule has 1 aromatic rings. The Balaban J connectivity index is 1.71. The predicted octanol–water partition coefficient (Wildman–Crippen LogP) is 1.63. The quantitative estimate of drug-likeness (QED) is 0.865. The molecule has 0 radical (unpaired) electrons. The van der Waals surface area contributed by atoms with Gasteiger partial charge in [0.05, 0.1) is 19.3 Å². The Morgan fingerprint density at radius 3 is 2.70 bits per heavy atom. The van der Waals surface area contributed by atoms with Crippen molar-refractivity contribution in [3.63, 3.8) is 0 Å². The van der Waals surface area contributed by atoms with Crippen LogP contribution in [0.15, 0.2) is 18.2 Å². The van der Waals surface area contributed by atoms with Crippen molar-refractivity contribution in [1.82, 2.24) is 10.6 Å². The molecule has 0 aromatic heterocycles. The van der Waals surface area contributed by atoms with E-state index in [4.69, 9.17) is 9.47 Å². The molecule has 2 amide bonds. The smallest absolute Gasteiger partial charge is 0.251 e. The van der Waals surface area contributed by atoms with Gasteiger partial charge < -0.3 is 20.1 Å². The fraction of sp³-hybridized carbons (Fsp3) is 0.529. The molecule has 1 saturated carbocycles. The summed E-state index contributed by atoms with van der Waals surface area (Å²) < 4.78 is 11.3. The van der Waals surface area contributed by atoms with Crippen LogP contribution in [0.3, 0.4) is 0 Å². The number of carbonyl (C=O) groups excluding carboxylic acids is 2. The second kappa shape index (κ2) is 6.89. The topological polar surface area (TPSA) is 76.7 Å². The summed E-state index contributed by atoms with van der Waals surface area (Å²) in [7, 11) is 1.59. The van der Waals surface area contributed by atoms with E-state index in [1.807, 2.05) is 0 Å². The molecule has 1 saturated heterocycles. The summed E-state index contributed by atoms with van der Waals surface area (Å²) in [6.45, 7) is 0.478. The Morgan fingerprint density at radius 2 is 2.04 bits per heavy atom. The lowest BCUT2D eigenvalue weighted by atomic mass is 10.1.